The van der Waals surface area contributed by atoms with Gasteiger partial charge in [0.1, 0.15) is 0 Å². The molecular weight excluding hydrogens is 258 g/mol. The number of halogens is 1. The van der Waals surface area contributed by atoms with Gasteiger partial charge < -0.3 is 0 Å². The minimum absolute atomic E-state index is 0.657. The van der Waals surface area contributed by atoms with Gasteiger partial charge in [-0.25, -0.2) is 4.98 Å². The van der Waals surface area contributed by atoms with Crippen molar-refractivity contribution < 1.29 is 0 Å². The molecule has 0 atom stereocenters. The van der Waals surface area contributed by atoms with Crippen LogP contribution in [0.3, 0.4) is 0 Å². The molecule has 0 saturated heterocycles. The van der Waals surface area contributed by atoms with Gasteiger partial charge in [-0.15, -0.1) is 0 Å². The van der Waals surface area contributed by atoms with E-state index in [9.17, 15) is 0 Å². The van der Waals surface area contributed by atoms with Gasteiger partial charge in [-0.1, -0.05) is 41.9 Å². The highest BCUT2D eigenvalue weighted by atomic mass is 35.5. The standard InChI is InChI=1S/C15H12ClN3/c1-10-7-12(9-13(16)8-10)15-17-14(18-19-15)11-5-3-2-4-6-11/h2-9H,1H3,(H,17,18,19). The van der Waals surface area contributed by atoms with Crippen LogP contribution >= 0.6 is 11.6 Å². The summed E-state index contributed by atoms with van der Waals surface area (Å²) in [5.41, 5.74) is 3.02. The highest BCUT2D eigenvalue weighted by Crippen LogP contribution is 2.23. The van der Waals surface area contributed by atoms with Gasteiger partial charge in [0.2, 0.25) is 0 Å². The lowest BCUT2D eigenvalue weighted by Gasteiger charge is -1.99. The quantitative estimate of drug-likeness (QED) is 0.761. The fourth-order valence-corrected chi connectivity index (χ4v) is 2.27. The van der Waals surface area contributed by atoms with E-state index in [1.54, 1.807) is 0 Å². The first-order valence-electron chi connectivity index (χ1n) is 5.98. The summed E-state index contributed by atoms with van der Waals surface area (Å²) in [6.07, 6.45) is 0. The SMILES string of the molecule is Cc1cc(Cl)cc(-c2n[nH]c(-c3ccccc3)n2)c1. The van der Waals surface area contributed by atoms with Crippen LogP contribution in [0.15, 0.2) is 48.5 Å². The van der Waals surface area contributed by atoms with E-state index in [1.807, 2.05) is 55.5 Å². The van der Waals surface area contributed by atoms with E-state index < -0.39 is 0 Å². The zero-order valence-electron chi connectivity index (χ0n) is 10.4. The summed E-state index contributed by atoms with van der Waals surface area (Å²) in [6.45, 7) is 2.00. The van der Waals surface area contributed by atoms with Crippen LogP contribution < -0.4 is 0 Å². The molecule has 3 nitrogen and oxygen atoms in total. The number of aromatic nitrogens is 3. The molecule has 0 aliphatic heterocycles. The molecule has 94 valence electrons. The van der Waals surface area contributed by atoms with Crippen molar-refractivity contribution in [1.82, 2.24) is 15.2 Å². The van der Waals surface area contributed by atoms with E-state index in [2.05, 4.69) is 15.2 Å². The zero-order chi connectivity index (χ0) is 13.2. The van der Waals surface area contributed by atoms with Crippen LogP contribution in [0.1, 0.15) is 5.56 Å². The molecule has 2 aromatic carbocycles. The molecule has 19 heavy (non-hydrogen) atoms. The highest BCUT2D eigenvalue weighted by Gasteiger charge is 2.08. The van der Waals surface area contributed by atoms with Gasteiger partial charge in [0.25, 0.3) is 0 Å². The van der Waals surface area contributed by atoms with E-state index in [0.717, 1.165) is 22.5 Å². The van der Waals surface area contributed by atoms with Gasteiger partial charge in [0.05, 0.1) is 0 Å². The number of H-pyrrole nitrogens is 1. The molecule has 0 aliphatic carbocycles. The predicted molar refractivity (Wildman–Crippen MR) is 77.0 cm³/mol. The molecule has 4 heteroatoms. The number of hydrogen-bond donors (Lipinski definition) is 1. The monoisotopic (exact) mass is 269 g/mol. The van der Waals surface area contributed by atoms with Crippen molar-refractivity contribution in [3.05, 3.63) is 59.1 Å². The number of aromatic amines is 1. The molecule has 3 aromatic rings. The Balaban J connectivity index is 2.02. The molecule has 0 bridgehead atoms. The first-order chi connectivity index (χ1) is 9.22. The van der Waals surface area contributed by atoms with Crippen LogP contribution in [0, 0.1) is 6.92 Å². The summed E-state index contributed by atoms with van der Waals surface area (Å²) < 4.78 is 0. The largest absolute Gasteiger partial charge is 0.259 e. The molecule has 0 spiro atoms. The Kier molecular flexibility index (Phi) is 3.05. The van der Waals surface area contributed by atoms with Crippen molar-refractivity contribution >= 4 is 11.6 Å². The molecule has 0 unspecified atom stereocenters. The van der Waals surface area contributed by atoms with Gasteiger partial charge in [0, 0.05) is 16.1 Å². The number of benzene rings is 2. The Morgan fingerprint density at radius 1 is 1.00 bits per heavy atom. The molecule has 1 heterocycles. The van der Waals surface area contributed by atoms with Gasteiger partial charge in [-0.05, 0) is 30.7 Å². The lowest BCUT2D eigenvalue weighted by atomic mass is 10.1. The topological polar surface area (TPSA) is 41.6 Å². The summed E-state index contributed by atoms with van der Waals surface area (Å²) >= 11 is 6.06. The van der Waals surface area contributed by atoms with Crippen LogP contribution in [0.2, 0.25) is 5.02 Å². The molecule has 0 aliphatic rings. The molecule has 1 N–H and O–H groups in total. The average molecular weight is 270 g/mol. The van der Waals surface area contributed by atoms with Crippen molar-refractivity contribution in [3.63, 3.8) is 0 Å². The van der Waals surface area contributed by atoms with E-state index >= 15 is 0 Å². The Morgan fingerprint density at radius 2 is 1.79 bits per heavy atom. The van der Waals surface area contributed by atoms with Crippen LogP contribution in [-0.2, 0) is 0 Å². The first kappa shape index (κ1) is 11.9. The number of nitrogens with one attached hydrogen (secondary N) is 1. The fourth-order valence-electron chi connectivity index (χ4n) is 1.98. The summed E-state index contributed by atoms with van der Waals surface area (Å²) in [5, 5.41) is 7.90. The summed E-state index contributed by atoms with van der Waals surface area (Å²) in [5.74, 6) is 1.41. The molecule has 0 saturated carbocycles. The number of aryl methyl sites for hydroxylation is 1. The predicted octanol–water partition coefficient (Wildman–Crippen LogP) is 4.10. The molecule has 0 radical (unpaired) electrons. The maximum absolute atomic E-state index is 6.06. The maximum atomic E-state index is 6.06. The minimum atomic E-state index is 0.657. The fraction of sp³-hybridized carbons (Fsp3) is 0.0667. The van der Waals surface area contributed by atoms with Crippen LogP contribution in [0.5, 0.6) is 0 Å². The van der Waals surface area contributed by atoms with Crippen molar-refractivity contribution in [2.24, 2.45) is 0 Å². The van der Waals surface area contributed by atoms with Crippen molar-refractivity contribution in [1.29, 1.82) is 0 Å². The van der Waals surface area contributed by atoms with E-state index in [1.165, 1.54) is 0 Å². The lowest BCUT2D eigenvalue weighted by Crippen LogP contribution is -1.83. The van der Waals surface area contributed by atoms with Crippen LogP contribution in [0.25, 0.3) is 22.8 Å². The lowest BCUT2D eigenvalue weighted by molar-refractivity contribution is 1.10. The maximum Gasteiger partial charge on any atom is 0.181 e. The molecule has 3 rings (SSSR count). The smallest absolute Gasteiger partial charge is 0.181 e. The molecule has 0 amide bonds. The van der Waals surface area contributed by atoms with Crippen LogP contribution in [-0.4, -0.2) is 15.2 Å². The normalized spacial score (nSPS) is 10.6. The molecular formula is C15H12ClN3. The minimum Gasteiger partial charge on any atom is -0.259 e. The number of rotatable bonds is 2. The summed E-state index contributed by atoms with van der Waals surface area (Å²) in [4.78, 5) is 4.51. The Bertz CT molecular complexity index is 684. The molecule has 0 fully saturated rings. The summed E-state index contributed by atoms with van der Waals surface area (Å²) in [6, 6.07) is 15.7. The van der Waals surface area contributed by atoms with Crippen LogP contribution in [0.4, 0.5) is 0 Å². The third kappa shape index (κ3) is 2.51. The van der Waals surface area contributed by atoms with E-state index in [4.69, 9.17) is 11.6 Å². The second kappa shape index (κ2) is 4.86. The Morgan fingerprint density at radius 3 is 2.53 bits per heavy atom. The Labute approximate surface area is 116 Å². The first-order valence-corrected chi connectivity index (χ1v) is 6.35. The Hall–Kier alpha value is -2.13. The second-order valence-corrected chi connectivity index (χ2v) is 4.83. The van der Waals surface area contributed by atoms with Crippen molar-refractivity contribution in [3.8, 4) is 22.8 Å². The van der Waals surface area contributed by atoms with Crippen molar-refractivity contribution in [2.75, 3.05) is 0 Å². The zero-order valence-corrected chi connectivity index (χ0v) is 11.1. The number of nitrogens with zero attached hydrogens (tertiary/aromatic N) is 2. The van der Waals surface area contributed by atoms with E-state index in [0.29, 0.717) is 10.8 Å². The highest BCUT2D eigenvalue weighted by molar-refractivity contribution is 6.30. The van der Waals surface area contributed by atoms with Gasteiger partial charge >= 0.3 is 0 Å². The molecule has 1 aromatic heterocycles. The van der Waals surface area contributed by atoms with Crippen molar-refractivity contribution in [2.45, 2.75) is 6.92 Å². The third-order valence-electron chi connectivity index (χ3n) is 2.83. The average Bonchev–Trinajstić information content (AvgIpc) is 2.88. The summed E-state index contributed by atoms with van der Waals surface area (Å²) in [7, 11) is 0. The second-order valence-electron chi connectivity index (χ2n) is 4.39. The van der Waals surface area contributed by atoms with Gasteiger partial charge in [-0.3, -0.25) is 5.10 Å². The van der Waals surface area contributed by atoms with Gasteiger partial charge in [-0.2, -0.15) is 5.10 Å². The third-order valence-corrected chi connectivity index (χ3v) is 3.05. The number of hydrogen-bond acceptors (Lipinski definition) is 2. The van der Waals surface area contributed by atoms with E-state index in [-0.39, 0.29) is 0 Å². The van der Waals surface area contributed by atoms with Gasteiger partial charge in [0.15, 0.2) is 11.6 Å².